The maximum Gasteiger partial charge on any atom is 0.271 e. The van der Waals surface area contributed by atoms with Gasteiger partial charge in [0.2, 0.25) is 0 Å². The molecule has 6 nitrogen and oxygen atoms in total. The number of rotatable bonds is 6. The van der Waals surface area contributed by atoms with Gasteiger partial charge in [-0.3, -0.25) is 14.2 Å². The number of carbonyl (C=O) groups is 1. The lowest BCUT2D eigenvalue weighted by molar-refractivity contribution is -0.113. The number of para-hydroxylation sites is 1. The summed E-state index contributed by atoms with van der Waals surface area (Å²) in [5.74, 6) is 0.396. The molecule has 0 bridgehead atoms. The van der Waals surface area contributed by atoms with Crippen LogP contribution in [-0.4, -0.2) is 16.6 Å². The molecule has 0 spiro atoms. The van der Waals surface area contributed by atoms with Crippen LogP contribution in [0.4, 0.5) is 5.69 Å². The predicted octanol–water partition coefficient (Wildman–Crippen LogP) is 5.42. The van der Waals surface area contributed by atoms with Crippen molar-refractivity contribution < 1.29 is 9.53 Å². The van der Waals surface area contributed by atoms with Crippen LogP contribution in [0.3, 0.4) is 0 Å². The van der Waals surface area contributed by atoms with Crippen LogP contribution in [0, 0.1) is 0 Å². The van der Waals surface area contributed by atoms with Crippen LogP contribution in [0.15, 0.2) is 104 Å². The lowest BCUT2D eigenvalue weighted by Gasteiger charge is -2.25. The molecule has 192 valence electrons. The average molecular weight is 589 g/mol. The molecule has 0 aliphatic carbocycles. The summed E-state index contributed by atoms with van der Waals surface area (Å²) in [6.45, 7) is 5.74. The maximum absolute atomic E-state index is 13.9. The molecule has 0 fully saturated rings. The number of anilines is 1. The highest BCUT2D eigenvalue weighted by Crippen LogP contribution is 2.31. The summed E-state index contributed by atoms with van der Waals surface area (Å²) in [7, 11) is 0. The number of fused-ring (bicyclic) bond motifs is 1. The second-order valence-electron chi connectivity index (χ2n) is 9.16. The standard InChI is InChI=1S/C30H26BrN3O3S/c1-18(2)37-24-15-14-22(31)16-21(24)17-25-29(36)34-27(20-10-6-4-7-11-20)26(19(3)32-30(34)38-25)28(35)33-23-12-8-5-9-13-23/h4-18,27H,1-3H3,(H,33,35)/b25-17+/t27-/m1/s1. The fourth-order valence-corrected chi connectivity index (χ4v) is 5.83. The lowest BCUT2D eigenvalue weighted by atomic mass is 9.95. The Balaban J connectivity index is 1.67. The summed E-state index contributed by atoms with van der Waals surface area (Å²) >= 11 is 4.83. The number of thiazole rings is 1. The van der Waals surface area contributed by atoms with Gasteiger partial charge in [-0.25, -0.2) is 4.99 Å². The molecule has 1 atom stereocenters. The van der Waals surface area contributed by atoms with Gasteiger partial charge in [0, 0.05) is 15.7 Å². The normalized spacial score (nSPS) is 15.3. The fraction of sp³-hybridized carbons (Fsp3) is 0.167. The molecule has 3 aromatic carbocycles. The van der Waals surface area contributed by atoms with E-state index in [0.717, 1.165) is 15.6 Å². The Morgan fingerprint density at radius 2 is 1.76 bits per heavy atom. The molecule has 1 aliphatic rings. The Labute approximate surface area is 232 Å². The van der Waals surface area contributed by atoms with E-state index < -0.39 is 6.04 Å². The van der Waals surface area contributed by atoms with E-state index >= 15 is 0 Å². The number of halogens is 1. The minimum absolute atomic E-state index is 0.0176. The van der Waals surface area contributed by atoms with E-state index in [1.807, 2.05) is 106 Å². The summed E-state index contributed by atoms with van der Waals surface area (Å²) in [5.41, 5.74) is 3.09. The van der Waals surface area contributed by atoms with Crippen LogP contribution < -0.4 is 24.9 Å². The predicted molar refractivity (Wildman–Crippen MR) is 155 cm³/mol. The Bertz CT molecular complexity index is 1710. The van der Waals surface area contributed by atoms with Crippen molar-refractivity contribution in [1.82, 2.24) is 4.57 Å². The van der Waals surface area contributed by atoms with E-state index in [0.29, 0.717) is 32.0 Å². The SMILES string of the molecule is CC1=C(C(=O)Nc2ccccc2)[C@@H](c2ccccc2)n2c(s/c(=C/c3cc(Br)ccc3OC(C)C)c2=O)=N1. The zero-order chi connectivity index (χ0) is 26.8. The molecule has 0 radical (unpaired) electrons. The third kappa shape index (κ3) is 5.28. The van der Waals surface area contributed by atoms with E-state index in [1.165, 1.54) is 11.3 Å². The lowest BCUT2D eigenvalue weighted by Crippen LogP contribution is -2.40. The highest BCUT2D eigenvalue weighted by Gasteiger charge is 2.32. The van der Waals surface area contributed by atoms with Crippen molar-refractivity contribution in [3.8, 4) is 5.75 Å². The largest absolute Gasteiger partial charge is 0.490 e. The van der Waals surface area contributed by atoms with Gasteiger partial charge in [0.05, 0.1) is 27.9 Å². The molecule has 1 N–H and O–H groups in total. The maximum atomic E-state index is 13.9. The summed E-state index contributed by atoms with van der Waals surface area (Å²) in [5, 5.41) is 2.97. The van der Waals surface area contributed by atoms with Gasteiger partial charge in [0.1, 0.15) is 5.75 Å². The minimum atomic E-state index is -0.618. The Morgan fingerprint density at radius 1 is 1.08 bits per heavy atom. The monoisotopic (exact) mass is 587 g/mol. The first-order valence-corrected chi connectivity index (χ1v) is 13.8. The summed E-state index contributed by atoms with van der Waals surface area (Å²) < 4.78 is 9.00. The van der Waals surface area contributed by atoms with Crippen molar-refractivity contribution in [2.24, 2.45) is 4.99 Å². The summed E-state index contributed by atoms with van der Waals surface area (Å²) in [4.78, 5) is 32.8. The number of aromatic nitrogens is 1. The molecule has 0 saturated heterocycles. The Hall–Kier alpha value is -3.75. The molecular formula is C30H26BrN3O3S. The first-order chi connectivity index (χ1) is 18.3. The zero-order valence-electron chi connectivity index (χ0n) is 21.1. The van der Waals surface area contributed by atoms with Crippen LogP contribution in [0.25, 0.3) is 6.08 Å². The van der Waals surface area contributed by atoms with E-state index in [9.17, 15) is 9.59 Å². The van der Waals surface area contributed by atoms with Crippen molar-refractivity contribution in [2.45, 2.75) is 32.9 Å². The first-order valence-electron chi connectivity index (χ1n) is 12.2. The first kappa shape index (κ1) is 25.9. The second kappa shape index (κ2) is 10.9. The van der Waals surface area contributed by atoms with Crippen molar-refractivity contribution >= 4 is 44.9 Å². The average Bonchev–Trinajstić information content (AvgIpc) is 3.19. The smallest absolute Gasteiger partial charge is 0.271 e. The summed E-state index contributed by atoms with van der Waals surface area (Å²) in [6.07, 6.45) is 1.81. The summed E-state index contributed by atoms with van der Waals surface area (Å²) in [6, 6.07) is 24.0. The van der Waals surface area contributed by atoms with E-state index in [2.05, 4.69) is 21.2 Å². The molecule has 0 saturated carbocycles. The van der Waals surface area contributed by atoms with Gasteiger partial charge in [-0.1, -0.05) is 75.8 Å². The van der Waals surface area contributed by atoms with E-state index in [-0.39, 0.29) is 17.6 Å². The molecule has 4 aromatic rings. The van der Waals surface area contributed by atoms with Gasteiger partial charge in [-0.05, 0) is 62.7 Å². The molecule has 1 amide bonds. The second-order valence-corrected chi connectivity index (χ2v) is 11.1. The molecule has 1 aliphatic heterocycles. The quantitative estimate of drug-likeness (QED) is 0.327. The van der Waals surface area contributed by atoms with E-state index in [1.54, 1.807) is 4.57 Å². The third-order valence-corrected chi connectivity index (χ3v) is 7.51. The molecule has 38 heavy (non-hydrogen) atoms. The number of amides is 1. The molecule has 5 rings (SSSR count). The van der Waals surface area contributed by atoms with Gasteiger partial charge < -0.3 is 10.1 Å². The van der Waals surface area contributed by atoms with Gasteiger partial charge >= 0.3 is 0 Å². The topological polar surface area (TPSA) is 72.7 Å². The highest BCUT2D eigenvalue weighted by molar-refractivity contribution is 9.10. The number of hydrogen-bond donors (Lipinski definition) is 1. The number of allylic oxidation sites excluding steroid dienone is 1. The van der Waals surface area contributed by atoms with Crippen LogP contribution >= 0.6 is 27.3 Å². The fourth-order valence-electron chi connectivity index (χ4n) is 4.42. The zero-order valence-corrected chi connectivity index (χ0v) is 23.5. The molecule has 1 aromatic heterocycles. The van der Waals surface area contributed by atoms with Gasteiger partial charge in [0.25, 0.3) is 11.5 Å². The number of benzene rings is 3. The van der Waals surface area contributed by atoms with Crippen LogP contribution in [-0.2, 0) is 4.79 Å². The minimum Gasteiger partial charge on any atom is -0.490 e. The van der Waals surface area contributed by atoms with Gasteiger partial charge in [0.15, 0.2) is 4.80 Å². The van der Waals surface area contributed by atoms with Crippen LogP contribution in [0.2, 0.25) is 0 Å². The number of nitrogens with zero attached hydrogens (tertiary/aromatic N) is 2. The van der Waals surface area contributed by atoms with Crippen LogP contribution in [0.5, 0.6) is 5.75 Å². The van der Waals surface area contributed by atoms with Crippen LogP contribution in [0.1, 0.15) is 37.9 Å². The van der Waals surface area contributed by atoms with Crippen molar-refractivity contribution in [3.05, 3.63) is 125 Å². The van der Waals surface area contributed by atoms with E-state index in [4.69, 9.17) is 9.73 Å². The highest BCUT2D eigenvalue weighted by atomic mass is 79.9. The number of hydrogen-bond acceptors (Lipinski definition) is 5. The van der Waals surface area contributed by atoms with Gasteiger partial charge in [-0.15, -0.1) is 0 Å². The molecule has 0 unspecified atom stereocenters. The number of ether oxygens (including phenoxy) is 1. The number of carbonyl (C=O) groups excluding carboxylic acids is 1. The molecule has 2 heterocycles. The Kier molecular flexibility index (Phi) is 7.44. The molecular weight excluding hydrogens is 562 g/mol. The third-order valence-electron chi connectivity index (χ3n) is 6.03. The van der Waals surface area contributed by atoms with Crippen molar-refractivity contribution in [1.29, 1.82) is 0 Å². The van der Waals surface area contributed by atoms with Crippen molar-refractivity contribution in [2.75, 3.05) is 5.32 Å². The van der Waals surface area contributed by atoms with Gasteiger partial charge in [-0.2, -0.15) is 0 Å². The molecule has 8 heteroatoms. The van der Waals surface area contributed by atoms with Crippen molar-refractivity contribution in [3.63, 3.8) is 0 Å². The Morgan fingerprint density at radius 3 is 2.45 bits per heavy atom. The number of nitrogens with one attached hydrogen (secondary N) is 1.